The predicted molar refractivity (Wildman–Crippen MR) is 105 cm³/mol. The topological polar surface area (TPSA) is 85.9 Å². The fourth-order valence-corrected chi connectivity index (χ4v) is 24.4. The van der Waals surface area contributed by atoms with Crippen molar-refractivity contribution >= 4 is 40.2 Å². The Labute approximate surface area is 160 Å². The lowest BCUT2D eigenvalue weighted by atomic mass is 10.6. The second-order valence-corrected chi connectivity index (χ2v) is 22.6. The highest BCUT2D eigenvalue weighted by Crippen LogP contribution is 2.30. The maximum Gasteiger partial charge on any atom is 0.314 e. The van der Waals surface area contributed by atoms with Gasteiger partial charge in [-0.2, -0.15) is 0 Å². The molecule has 0 aliphatic carbocycles. The van der Waals surface area contributed by atoms with Crippen LogP contribution in [-0.4, -0.2) is 44.8 Å². The van der Waals surface area contributed by atoms with Crippen LogP contribution in [0.15, 0.2) is 12.4 Å². The molecule has 0 N–H and O–H groups in total. The highest BCUT2D eigenvalue weighted by atomic mass is 28.5. The van der Waals surface area contributed by atoms with E-state index in [1.165, 1.54) is 9.13 Å². The summed E-state index contributed by atoms with van der Waals surface area (Å²) >= 11 is 0. The van der Waals surface area contributed by atoms with E-state index in [1.807, 2.05) is 0 Å². The van der Waals surface area contributed by atoms with Gasteiger partial charge in [0.25, 0.3) is 0 Å². The molecular weight excluding hydrogens is 405 g/mol. The van der Waals surface area contributed by atoms with Crippen molar-refractivity contribution in [3.63, 3.8) is 0 Å². The van der Waals surface area contributed by atoms with Crippen LogP contribution in [0.2, 0.25) is 52.4 Å². The molecule has 1 fully saturated rings. The molecule has 2 rings (SSSR count). The molecule has 1 aliphatic rings. The lowest BCUT2D eigenvalue weighted by Gasteiger charge is -2.46. The van der Waals surface area contributed by atoms with Crippen LogP contribution in [0.4, 0.5) is 0 Å². The normalized spacial score (nSPS) is 23.2. The van der Waals surface area contributed by atoms with Gasteiger partial charge in [0.15, 0.2) is 5.97 Å². The van der Waals surface area contributed by atoms with Crippen molar-refractivity contribution in [1.29, 1.82) is 0 Å². The van der Waals surface area contributed by atoms with Gasteiger partial charge in [0.1, 0.15) is 12.4 Å². The van der Waals surface area contributed by atoms with E-state index < -0.39 is 40.2 Å². The highest BCUT2D eigenvalue weighted by molar-refractivity contribution is 6.92. The fourth-order valence-electron chi connectivity index (χ4n) is 3.33. The first-order chi connectivity index (χ1) is 11.5. The van der Waals surface area contributed by atoms with Crippen molar-refractivity contribution in [2.75, 3.05) is 0 Å². The lowest BCUT2D eigenvalue weighted by Crippen LogP contribution is -2.64. The minimum atomic E-state index is -2.11. The molecule has 0 unspecified atom stereocenters. The molecule has 0 bridgehead atoms. The Balaban J connectivity index is 0.000000289. The molecule has 0 atom stereocenters. The van der Waals surface area contributed by atoms with Gasteiger partial charge in [-0.25, -0.2) is 9.13 Å². The zero-order chi connectivity index (χ0) is 20.6. The number of hydrogen-bond donors (Lipinski definition) is 0. The van der Waals surface area contributed by atoms with E-state index in [4.69, 9.17) is 16.5 Å². The van der Waals surface area contributed by atoms with E-state index in [9.17, 15) is 9.90 Å². The summed E-state index contributed by atoms with van der Waals surface area (Å²) in [5.74, 6) is -0.991. The first-order valence-corrected chi connectivity index (χ1v) is 19.7. The first kappa shape index (κ1) is 23.4. The average Bonchev–Trinajstić information content (AvgIpc) is 2.61. The fraction of sp³-hybridized carbons (Fsp3) is 0.714. The zero-order valence-electron chi connectivity index (χ0n) is 17.5. The number of hydrogen-bond acceptors (Lipinski definition) is 6. The van der Waals surface area contributed by atoms with Crippen LogP contribution < -0.4 is 9.67 Å². The number of aromatic nitrogens is 2. The Hall–Kier alpha value is -0.612. The third-order valence-corrected chi connectivity index (χ3v) is 19.1. The minimum Gasteiger partial charge on any atom is -0.538 e. The van der Waals surface area contributed by atoms with Crippen molar-refractivity contribution < 1.29 is 30.9 Å². The second kappa shape index (κ2) is 7.79. The maximum absolute atomic E-state index is 10.4. The van der Waals surface area contributed by atoms with Crippen molar-refractivity contribution in [1.82, 2.24) is 4.57 Å². The molecule has 0 radical (unpaired) electrons. The molecule has 0 amide bonds. The summed E-state index contributed by atoms with van der Waals surface area (Å²) in [6.45, 7) is 16.6. The summed E-state index contributed by atoms with van der Waals surface area (Å²) in [5, 5.41) is 10.4. The first-order valence-electron chi connectivity index (χ1n) is 8.48. The van der Waals surface area contributed by atoms with Crippen LogP contribution in [0.25, 0.3) is 0 Å². The Kier molecular flexibility index (Phi) is 7.02. The number of aromatic carboxylic acids is 1. The van der Waals surface area contributed by atoms with Gasteiger partial charge < -0.3 is 26.4 Å². The number of carboxylic acids is 1. The number of rotatable bonds is 1. The van der Waals surface area contributed by atoms with Gasteiger partial charge in [0, 0.05) is 0 Å². The molecule has 0 aromatic carbocycles. The molecule has 1 aromatic rings. The molecule has 1 saturated heterocycles. The summed E-state index contributed by atoms with van der Waals surface area (Å²) in [6.07, 6.45) is 3.32. The third-order valence-electron chi connectivity index (χ3n) is 3.33. The summed E-state index contributed by atoms with van der Waals surface area (Å²) in [5.41, 5.74) is 0. The average molecular weight is 437 g/mol. The Morgan fingerprint density at radius 2 is 1.19 bits per heavy atom. The molecule has 12 heteroatoms. The smallest absolute Gasteiger partial charge is 0.314 e. The molecule has 0 spiro atoms. The number of aryl methyl sites for hydroxylation is 2. The van der Waals surface area contributed by atoms with Gasteiger partial charge in [-0.05, 0) is 52.4 Å². The molecule has 1 aromatic heterocycles. The highest BCUT2D eigenvalue weighted by Gasteiger charge is 2.50. The minimum absolute atomic E-state index is 0.167. The number of carbonyl (C=O) groups excluding carboxylic acids is 1. The van der Waals surface area contributed by atoms with Crippen LogP contribution >= 0.6 is 0 Å². The number of carbonyl (C=O) groups is 1. The predicted octanol–water partition coefficient (Wildman–Crippen LogP) is 1.09. The molecule has 26 heavy (non-hydrogen) atoms. The van der Waals surface area contributed by atoms with Crippen molar-refractivity contribution in [3.8, 4) is 0 Å². The largest absolute Gasteiger partial charge is 0.538 e. The van der Waals surface area contributed by atoms with Crippen LogP contribution in [-0.2, 0) is 30.6 Å². The molecule has 8 nitrogen and oxygen atoms in total. The van der Waals surface area contributed by atoms with Crippen LogP contribution in [0, 0.1) is 0 Å². The van der Waals surface area contributed by atoms with E-state index in [0.29, 0.717) is 0 Å². The molecule has 0 saturated carbocycles. The summed E-state index contributed by atoms with van der Waals surface area (Å²) in [6, 6.07) is 0. The van der Waals surface area contributed by atoms with Gasteiger partial charge in [-0.1, -0.05) is 0 Å². The molecule has 2 heterocycles. The van der Waals surface area contributed by atoms with Crippen molar-refractivity contribution in [3.05, 3.63) is 18.2 Å². The van der Waals surface area contributed by atoms with E-state index in [0.717, 1.165) is 0 Å². The quantitative estimate of drug-likeness (QED) is 0.484. The molecular formula is C14H32N2O6Si4. The number of nitrogens with zero attached hydrogens (tertiary/aromatic N) is 2. The third kappa shape index (κ3) is 7.19. The van der Waals surface area contributed by atoms with Crippen molar-refractivity contribution in [2.45, 2.75) is 52.4 Å². The second-order valence-electron chi connectivity index (χ2n) is 8.14. The van der Waals surface area contributed by atoms with Gasteiger partial charge >= 0.3 is 40.1 Å². The van der Waals surface area contributed by atoms with Crippen LogP contribution in [0.1, 0.15) is 10.6 Å². The Morgan fingerprint density at radius 1 is 0.885 bits per heavy atom. The molecule has 150 valence electrons. The van der Waals surface area contributed by atoms with Crippen LogP contribution in [0.3, 0.4) is 0 Å². The zero-order valence-corrected chi connectivity index (χ0v) is 21.5. The van der Waals surface area contributed by atoms with Gasteiger partial charge in [-0.15, -0.1) is 0 Å². The van der Waals surface area contributed by atoms with Gasteiger partial charge in [-0.3, -0.25) is 0 Å². The lowest BCUT2D eigenvalue weighted by molar-refractivity contribution is -0.675. The maximum atomic E-state index is 10.4. The van der Waals surface area contributed by atoms with E-state index >= 15 is 0 Å². The molecule has 1 aliphatic heterocycles. The summed E-state index contributed by atoms with van der Waals surface area (Å²) in [7, 11) is -5.13. The van der Waals surface area contributed by atoms with E-state index in [1.54, 1.807) is 26.5 Å². The standard InChI is InChI=1S/C8H24O4Si4.C6H8N2O2/c1-13(2)9-14(3,4)11-16(7,8)12-15(5,6)10-13;1-7-3-4-8(2)5(7)6(9)10/h1-8H3;3-4H,1-2H3. The van der Waals surface area contributed by atoms with Gasteiger partial charge in [0.2, 0.25) is 0 Å². The van der Waals surface area contributed by atoms with Gasteiger partial charge in [0.05, 0.1) is 14.1 Å². The summed E-state index contributed by atoms with van der Waals surface area (Å²) in [4.78, 5) is 10.4. The summed E-state index contributed by atoms with van der Waals surface area (Å²) < 4.78 is 27.6. The Bertz CT molecular complexity index is 568. The Morgan fingerprint density at radius 3 is 1.35 bits per heavy atom. The van der Waals surface area contributed by atoms with Crippen LogP contribution in [0.5, 0.6) is 0 Å². The van der Waals surface area contributed by atoms with Crippen molar-refractivity contribution in [2.24, 2.45) is 14.1 Å². The monoisotopic (exact) mass is 436 g/mol. The number of carboxylic acid groups (broad SMARTS) is 1. The number of imidazole rings is 1. The van der Waals surface area contributed by atoms with E-state index in [-0.39, 0.29) is 5.82 Å². The van der Waals surface area contributed by atoms with E-state index in [2.05, 4.69) is 52.4 Å². The SMILES string of the molecule is C[Si]1(C)O[Si](C)(C)O[Si](C)(C)O[Si](C)(C)O1.Cn1cc[n+](C)c1C(=O)[O-].